The van der Waals surface area contributed by atoms with Crippen LogP contribution in [0.3, 0.4) is 0 Å². The molecule has 0 radical (unpaired) electrons. The van der Waals surface area contributed by atoms with Crippen molar-refractivity contribution in [2.24, 2.45) is 0 Å². The molecule has 2 N–H and O–H groups in total. The van der Waals surface area contributed by atoms with Crippen LogP contribution in [0.5, 0.6) is 0 Å². The topological polar surface area (TPSA) is 66.4 Å². The first-order chi connectivity index (χ1) is 10.0. The number of hydrogen-bond donors (Lipinski definition) is 2. The summed E-state index contributed by atoms with van der Waals surface area (Å²) < 4.78 is 0. The standard InChI is InChI=1S/C16H23NO3S/c1-3-4-5-6-11-15(18)17-13-9-7-8-10-14(13)21-12(2)16(19)20/h7-10,12H,3-6,11H2,1-2H3,(H,17,18)(H,19,20)/t12-/m1/s1. The van der Waals surface area contributed by atoms with Crippen LogP contribution in [0.1, 0.15) is 46.0 Å². The maximum absolute atomic E-state index is 11.9. The minimum absolute atomic E-state index is 0.0119. The highest BCUT2D eigenvalue weighted by Crippen LogP contribution is 2.30. The van der Waals surface area contributed by atoms with Gasteiger partial charge in [-0.15, -0.1) is 11.8 Å². The monoisotopic (exact) mass is 309 g/mol. The van der Waals surface area contributed by atoms with Gasteiger partial charge >= 0.3 is 5.97 Å². The summed E-state index contributed by atoms with van der Waals surface area (Å²) in [5, 5.41) is 11.3. The molecule has 1 rings (SSSR count). The molecule has 0 saturated carbocycles. The number of thioether (sulfide) groups is 1. The van der Waals surface area contributed by atoms with Crippen LogP contribution in [0.25, 0.3) is 0 Å². The zero-order valence-corrected chi connectivity index (χ0v) is 13.4. The Bertz CT molecular complexity index is 476. The predicted octanol–water partition coefficient (Wildman–Crippen LogP) is 4.16. The first-order valence-corrected chi connectivity index (χ1v) is 8.21. The van der Waals surface area contributed by atoms with E-state index in [0.717, 1.165) is 30.6 Å². The Kier molecular flexibility index (Phi) is 7.90. The molecule has 116 valence electrons. The van der Waals surface area contributed by atoms with Gasteiger partial charge in [0, 0.05) is 11.3 Å². The molecule has 1 aromatic rings. The number of carboxylic acid groups (broad SMARTS) is 1. The second kappa shape index (κ2) is 9.45. The van der Waals surface area contributed by atoms with Gasteiger partial charge in [-0.05, 0) is 25.5 Å². The summed E-state index contributed by atoms with van der Waals surface area (Å²) >= 11 is 1.24. The second-order valence-electron chi connectivity index (χ2n) is 4.95. The number of carboxylic acids is 1. The predicted molar refractivity (Wildman–Crippen MR) is 86.8 cm³/mol. The quantitative estimate of drug-likeness (QED) is 0.531. The molecule has 1 amide bonds. The van der Waals surface area contributed by atoms with Crippen LogP contribution >= 0.6 is 11.8 Å². The highest BCUT2D eigenvalue weighted by atomic mass is 32.2. The van der Waals surface area contributed by atoms with E-state index < -0.39 is 11.2 Å². The molecule has 0 aliphatic carbocycles. The van der Waals surface area contributed by atoms with Crippen molar-refractivity contribution in [1.82, 2.24) is 0 Å². The molecule has 4 nitrogen and oxygen atoms in total. The first kappa shape index (κ1) is 17.6. The average molecular weight is 309 g/mol. The molecular weight excluding hydrogens is 286 g/mol. The molecule has 0 heterocycles. The highest BCUT2D eigenvalue weighted by Gasteiger charge is 2.15. The van der Waals surface area contributed by atoms with Gasteiger partial charge in [0.15, 0.2) is 0 Å². The molecule has 0 aromatic heterocycles. The summed E-state index contributed by atoms with van der Waals surface area (Å²) in [6.07, 6.45) is 4.76. The van der Waals surface area contributed by atoms with E-state index in [4.69, 9.17) is 5.11 Å². The number of carbonyl (C=O) groups is 2. The van der Waals surface area contributed by atoms with Gasteiger partial charge in [-0.2, -0.15) is 0 Å². The number of para-hydroxylation sites is 1. The van der Waals surface area contributed by atoms with E-state index in [2.05, 4.69) is 12.2 Å². The first-order valence-electron chi connectivity index (χ1n) is 7.33. The van der Waals surface area contributed by atoms with Crippen molar-refractivity contribution in [3.8, 4) is 0 Å². The van der Waals surface area contributed by atoms with E-state index in [-0.39, 0.29) is 5.91 Å². The lowest BCUT2D eigenvalue weighted by molar-refractivity contribution is -0.136. The van der Waals surface area contributed by atoms with E-state index in [9.17, 15) is 9.59 Å². The van der Waals surface area contributed by atoms with Crippen LogP contribution in [-0.4, -0.2) is 22.2 Å². The molecule has 0 aliphatic heterocycles. The van der Waals surface area contributed by atoms with E-state index in [0.29, 0.717) is 12.1 Å². The number of hydrogen-bond acceptors (Lipinski definition) is 3. The zero-order chi connectivity index (χ0) is 15.7. The largest absolute Gasteiger partial charge is 0.480 e. The molecule has 21 heavy (non-hydrogen) atoms. The van der Waals surface area contributed by atoms with Crippen LogP contribution in [0.4, 0.5) is 5.69 Å². The highest BCUT2D eigenvalue weighted by molar-refractivity contribution is 8.00. The maximum Gasteiger partial charge on any atom is 0.316 e. The average Bonchev–Trinajstić information content (AvgIpc) is 2.45. The van der Waals surface area contributed by atoms with Crippen LogP contribution < -0.4 is 5.32 Å². The summed E-state index contributed by atoms with van der Waals surface area (Å²) in [6, 6.07) is 7.31. The number of carbonyl (C=O) groups excluding carboxylic acids is 1. The zero-order valence-electron chi connectivity index (χ0n) is 12.6. The second-order valence-corrected chi connectivity index (χ2v) is 6.34. The summed E-state index contributed by atoms with van der Waals surface area (Å²) in [4.78, 5) is 23.6. The fourth-order valence-electron chi connectivity index (χ4n) is 1.84. The molecule has 1 atom stereocenters. The van der Waals surface area contributed by atoms with Gasteiger partial charge in [0.05, 0.1) is 5.69 Å². The Morgan fingerprint density at radius 2 is 1.95 bits per heavy atom. The summed E-state index contributed by atoms with van der Waals surface area (Å²) in [6.45, 7) is 3.77. The Morgan fingerprint density at radius 3 is 2.62 bits per heavy atom. The lowest BCUT2D eigenvalue weighted by Gasteiger charge is -2.12. The molecule has 0 unspecified atom stereocenters. The number of nitrogens with one attached hydrogen (secondary N) is 1. The number of rotatable bonds is 9. The minimum atomic E-state index is -0.860. The van der Waals surface area contributed by atoms with Crippen LogP contribution in [-0.2, 0) is 9.59 Å². The van der Waals surface area contributed by atoms with Crippen molar-refractivity contribution < 1.29 is 14.7 Å². The van der Waals surface area contributed by atoms with Crippen molar-refractivity contribution in [1.29, 1.82) is 0 Å². The lowest BCUT2D eigenvalue weighted by Crippen LogP contribution is -2.14. The normalized spacial score (nSPS) is 11.9. The van der Waals surface area contributed by atoms with Gasteiger partial charge in [0.2, 0.25) is 5.91 Å². The number of aliphatic carboxylic acids is 1. The third-order valence-corrected chi connectivity index (χ3v) is 4.24. The van der Waals surface area contributed by atoms with Gasteiger partial charge in [-0.1, -0.05) is 38.3 Å². The molecule has 5 heteroatoms. The van der Waals surface area contributed by atoms with Crippen molar-refractivity contribution in [2.45, 2.75) is 56.1 Å². The Balaban J connectivity index is 2.58. The molecule has 0 spiro atoms. The molecular formula is C16H23NO3S. The van der Waals surface area contributed by atoms with Gasteiger partial charge in [0.1, 0.15) is 5.25 Å². The van der Waals surface area contributed by atoms with Gasteiger partial charge in [0.25, 0.3) is 0 Å². The van der Waals surface area contributed by atoms with E-state index in [1.54, 1.807) is 13.0 Å². The van der Waals surface area contributed by atoms with Gasteiger partial charge in [-0.25, -0.2) is 0 Å². The van der Waals surface area contributed by atoms with Crippen LogP contribution in [0, 0.1) is 0 Å². The van der Waals surface area contributed by atoms with Crippen molar-refractivity contribution >= 4 is 29.3 Å². The van der Waals surface area contributed by atoms with E-state index >= 15 is 0 Å². The number of unbranched alkanes of at least 4 members (excludes halogenated alkanes) is 3. The van der Waals surface area contributed by atoms with Gasteiger partial charge in [-0.3, -0.25) is 9.59 Å². The molecule has 0 aliphatic rings. The Hall–Kier alpha value is -1.49. The van der Waals surface area contributed by atoms with Crippen LogP contribution in [0.15, 0.2) is 29.2 Å². The molecule has 1 aromatic carbocycles. The van der Waals surface area contributed by atoms with E-state index in [1.807, 2.05) is 18.2 Å². The smallest absolute Gasteiger partial charge is 0.316 e. The summed E-state index contributed by atoms with van der Waals surface area (Å²) in [7, 11) is 0. The number of benzene rings is 1. The summed E-state index contributed by atoms with van der Waals surface area (Å²) in [5.74, 6) is -0.872. The van der Waals surface area contributed by atoms with Gasteiger partial charge < -0.3 is 10.4 Å². The molecule has 0 bridgehead atoms. The van der Waals surface area contributed by atoms with Crippen molar-refractivity contribution in [2.75, 3.05) is 5.32 Å². The minimum Gasteiger partial charge on any atom is -0.480 e. The SMILES string of the molecule is CCCCCCC(=O)Nc1ccccc1S[C@H](C)C(=O)O. The maximum atomic E-state index is 11.9. The van der Waals surface area contributed by atoms with Crippen molar-refractivity contribution in [3.05, 3.63) is 24.3 Å². The fourth-order valence-corrected chi connectivity index (χ4v) is 2.72. The molecule has 0 fully saturated rings. The fraction of sp³-hybridized carbons (Fsp3) is 0.500. The third kappa shape index (κ3) is 6.67. The Morgan fingerprint density at radius 1 is 1.24 bits per heavy atom. The molecule has 0 saturated heterocycles. The summed E-state index contributed by atoms with van der Waals surface area (Å²) in [5.41, 5.74) is 0.691. The van der Waals surface area contributed by atoms with Crippen molar-refractivity contribution in [3.63, 3.8) is 0 Å². The van der Waals surface area contributed by atoms with E-state index in [1.165, 1.54) is 11.8 Å². The van der Waals surface area contributed by atoms with Crippen LogP contribution in [0.2, 0.25) is 0 Å². The number of anilines is 1. The Labute approximate surface area is 130 Å². The third-order valence-electron chi connectivity index (χ3n) is 3.07. The number of amides is 1. The lowest BCUT2D eigenvalue weighted by atomic mass is 10.1.